The Morgan fingerprint density at radius 1 is 1.13 bits per heavy atom. The minimum absolute atomic E-state index is 0.0971. The van der Waals surface area contributed by atoms with Crippen LogP contribution >= 0.6 is 0 Å². The highest BCUT2D eigenvalue weighted by Gasteiger charge is 2.33. The average molecular weight is 451 g/mol. The van der Waals surface area contributed by atoms with Crippen molar-refractivity contribution in [2.24, 2.45) is 0 Å². The molecule has 31 heavy (non-hydrogen) atoms. The molecule has 0 unspecified atom stereocenters. The van der Waals surface area contributed by atoms with Crippen LogP contribution in [0.15, 0.2) is 53.8 Å². The van der Waals surface area contributed by atoms with Gasteiger partial charge in [-0.1, -0.05) is 30.3 Å². The number of carbonyl (C=O) groups is 1. The summed E-state index contributed by atoms with van der Waals surface area (Å²) in [5.41, 5.74) is 1.65. The van der Waals surface area contributed by atoms with Crippen molar-refractivity contribution in [3.63, 3.8) is 0 Å². The number of carbonyl (C=O) groups excluding carboxylic acids is 1. The highest BCUT2D eigenvalue weighted by atomic mass is 32.2. The van der Waals surface area contributed by atoms with Crippen molar-refractivity contribution < 1.29 is 27.1 Å². The summed E-state index contributed by atoms with van der Waals surface area (Å²) in [6.07, 6.45) is -0.207. The van der Waals surface area contributed by atoms with Gasteiger partial charge in [-0.15, -0.1) is 0 Å². The molecule has 0 saturated carbocycles. The fourth-order valence-corrected chi connectivity index (χ4v) is 4.56. The van der Waals surface area contributed by atoms with Crippen molar-refractivity contribution in [1.82, 2.24) is 23.9 Å². The monoisotopic (exact) mass is 451 g/mol. The Labute approximate surface area is 176 Å². The molecule has 0 fully saturated rings. The van der Waals surface area contributed by atoms with Gasteiger partial charge in [-0.2, -0.15) is 22.7 Å². The maximum atomic E-state index is 12.9. The molecular weight excluding hydrogens is 432 g/mol. The van der Waals surface area contributed by atoms with E-state index < -0.39 is 33.9 Å². The van der Waals surface area contributed by atoms with Gasteiger partial charge in [-0.3, -0.25) is 9.48 Å². The van der Waals surface area contributed by atoms with Crippen molar-refractivity contribution in [2.45, 2.75) is 37.0 Å². The van der Waals surface area contributed by atoms with Gasteiger partial charge in [0.25, 0.3) is 6.43 Å². The maximum absolute atomic E-state index is 12.9. The quantitative estimate of drug-likeness (QED) is 0.578. The number of hydrogen-bond donors (Lipinski definition) is 1. The van der Waals surface area contributed by atoms with E-state index >= 15 is 0 Å². The summed E-state index contributed by atoms with van der Waals surface area (Å²) in [5.74, 6) is -1.01. The van der Waals surface area contributed by atoms with E-state index in [1.165, 1.54) is 11.1 Å². The van der Waals surface area contributed by atoms with Gasteiger partial charge in [-0.05, 0) is 11.6 Å². The van der Waals surface area contributed by atoms with Crippen molar-refractivity contribution >= 4 is 15.9 Å². The normalized spacial score (nSPS) is 14.8. The lowest BCUT2D eigenvalue weighted by Crippen LogP contribution is -2.33. The summed E-state index contributed by atoms with van der Waals surface area (Å²) in [7, 11) is -4.15. The Hall–Kier alpha value is -3.12. The first-order chi connectivity index (χ1) is 14.8. The fraction of sp³-hybridized carbons (Fsp3) is 0.316. The van der Waals surface area contributed by atoms with Crippen molar-refractivity contribution in [3.8, 4) is 0 Å². The van der Waals surface area contributed by atoms with Crippen LogP contribution in [0, 0.1) is 0 Å². The van der Waals surface area contributed by atoms with E-state index in [0.717, 1.165) is 21.0 Å². The van der Waals surface area contributed by atoms with Crippen LogP contribution in [0.4, 0.5) is 8.78 Å². The van der Waals surface area contributed by atoms with E-state index in [2.05, 4.69) is 10.2 Å². The van der Waals surface area contributed by atoms with E-state index in [1.807, 2.05) is 6.07 Å². The van der Waals surface area contributed by atoms with E-state index in [-0.39, 0.29) is 25.6 Å². The molecule has 1 aliphatic heterocycles. The fourth-order valence-electron chi connectivity index (χ4n) is 3.46. The highest BCUT2D eigenvalue weighted by molar-refractivity contribution is 7.89. The molecule has 1 atom stereocenters. The molecule has 0 aliphatic carbocycles. The predicted molar refractivity (Wildman–Crippen MR) is 104 cm³/mol. The number of halogens is 2. The molecule has 3 heterocycles. The van der Waals surface area contributed by atoms with Crippen LogP contribution in [0.3, 0.4) is 0 Å². The van der Waals surface area contributed by atoms with Gasteiger partial charge in [0.2, 0.25) is 5.91 Å². The predicted octanol–water partition coefficient (Wildman–Crippen LogP) is 1.20. The number of alkyl halides is 2. The molecule has 1 aromatic carbocycles. The highest BCUT2D eigenvalue weighted by Crippen LogP contribution is 2.27. The summed E-state index contributed by atoms with van der Waals surface area (Å²) >= 11 is 0. The summed E-state index contributed by atoms with van der Waals surface area (Å²) in [4.78, 5) is 14.4. The number of fused-ring (bicyclic) bond motifs is 1. The lowest BCUT2D eigenvalue weighted by Gasteiger charge is -2.22. The maximum Gasteiger partial charge on any atom is 0.302 e. The number of nitrogens with zero attached hydrogens (tertiary/aromatic N) is 5. The van der Waals surface area contributed by atoms with Crippen molar-refractivity contribution in [2.75, 3.05) is 6.61 Å². The summed E-state index contributed by atoms with van der Waals surface area (Å²) in [5, 5.41) is 17.1. The van der Waals surface area contributed by atoms with Gasteiger partial charge in [-0.25, -0.2) is 8.78 Å². The number of aromatic nitrogens is 4. The van der Waals surface area contributed by atoms with Gasteiger partial charge in [0, 0.05) is 24.5 Å². The van der Waals surface area contributed by atoms with Crippen LogP contribution < -0.4 is 0 Å². The summed E-state index contributed by atoms with van der Waals surface area (Å²) in [6, 6.07) is 10.0. The number of aliphatic hydroxyl groups is 1. The molecule has 0 saturated heterocycles. The van der Waals surface area contributed by atoms with Crippen LogP contribution in [0.1, 0.15) is 22.7 Å². The van der Waals surface area contributed by atoms with E-state index in [0.29, 0.717) is 16.8 Å². The second kappa shape index (κ2) is 8.19. The molecule has 0 bridgehead atoms. The number of amides is 1. The molecular formula is C19H19F2N5O4S. The Morgan fingerprint density at radius 2 is 1.87 bits per heavy atom. The third-order valence-corrected chi connectivity index (χ3v) is 6.43. The molecule has 2 aromatic heterocycles. The molecule has 9 nitrogen and oxygen atoms in total. The minimum atomic E-state index is -4.15. The van der Waals surface area contributed by atoms with Crippen LogP contribution in [-0.2, 0) is 34.5 Å². The van der Waals surface area contributed by atoms with E-state index in [9.17, 15) is 27.1 Å². The van der Waals surface area contributed by atoms with E-state index in [4.69, 9.17) is 0 Å². The number of hydrogen-bond acceptors (Lipinski definition) is 6. The third kappa shape index (κ3) is 4.08. The standard InChI is InChI=1S/C19H19F2N5O4S/c20-17(21)11-25-7-6-18(23-25)31(29,30)26-9-14-8-24(10-16(14)22-26)19(28)15(12-27)13-4-2-1-3-5-13/h1-7,9,15,17,27H,8,10-12H2/t15-/m1/s1. The first-order valence-electron chi connectivity index (χ1n) is 9.39. The Bertz CT molecular complexity index is 1170. The SMILES string of the molecule is O=C([C@H](CO)c1ccccc1)N1Cc2cn(S(=O)(=O)c3ccn(CC(F)F)n3)nc2C1. The summed E-state index contributed by atoms with van der Waals surface area (Å²) in [6.45, 7) is -0.824. The number of aliphatic hydroxyl groups excluding tert-OH is 1. The zero-order chi connectivity index (χ0) is 22.2. The van der Waals surface area contributed by atoms with E-state index in [1.54, 1.807) is 24.3 Å². The lowest BCUT2D eigenvalue weighted by atomic mass is 9.98. The van der Waals surface area contributed by atoms with Crippen molar-refractivity contribution in [1.29, 1.82) is 0 Å². The van der Waals surface area contributed by atoms with Crippen LogP contribution in [0.25, 0.3) is 0 Å². The largest absolute Gasteiger partial charge is 0.395 e. The first kappa shape index (κ1) is 21.1. The minimum Gasteiger partial charge on any atom is -0.395 e. The first-order valence-corrected chi connectivity index (χ1v) is 10.8. The molecule has 4 rings (SSSR count). The van der Waals surface area contributed by atoms with Gasteiger partial charge in [0.15, 0.2) is 5.03 Å². The van der Waals surface area contributed by atoms with Crippen molar-refractivity contribution in [3.05, 3.63) is 65.6 Å². The molecule has 1 amide bonds. The van der Waals surface area contributed by atoms with Crippen LogP contribution in [0.2, 0.25) is 0 Å². The lowest BCUT2D eigenvalue weighted by molar-refractivity contribution is -0.134. The Morgan fingerprint density at radius 3 is 2.52 bits per heavy atom. The molecule has 12 heteroatoms. The number of rotatable bonds is 7. The Balaban J connectivity index is 1.50. The third-order valence-electron chi connectivity index (χ3n) is 5.00. The van der Waals surface area contributed by atoms with Gasteiger partial charge in [0.1, 0.15) is 6.54 Å². The molecule has 0 spiro atoms. The topological polar surface area (TPSA) is 110 Å². The summed E-state index contributed by atoms with van der Waals surface area (Å²) < 4.78 is 52.0. The number of benzene rings is 1. The zero-order valence-electron chi connectivity index (χ0n) is 16.2. The second-order valence-corrected chi connectivity index (χ2v) is 8.83. The molecule has 164 valence electrons. The van der Waals surface area contributed by atoms with Gasteiger partial charge >= 0.3 is 10.0 Å². The van der Waals surface area contributed by atoms with Crippen LogP contribution in [0.5, 0.6) is 0 Å². The molecule has 1 N–H and O–H groups in total. The van der Waals surface area contributed by atoms with Crippen LogP contribution in [-0.4, -0.2) is 56.3 Å². The van der Waals surface area contributed by atoms with Gasteiger partial charge < -0.3 is 10.0 Å². The average Bonchev–Trinajstić information content (AvgIpc) is 3.44. The Kier molecular flexibility index (Phi) is 5.58. The molecule has 0 radical (unpaired) electrons. The molecule has 3 aromatic rings. The smallest absolute Gasteiger partial charge is 0.302 e. The molecule has 1 aliphatic rings. The second-order valence-electron chi connectivity index (χ2n) is 7.09. The zero-order valence-corrected chi connectivity index (χ0v) is 17.0. The van der Waals surface area contributed by atoms with Gasteiger partial charge in [0.05, 0.1) is 24.8 Å².